The molecule has 2 rings (SSSR count). The normalized spacial score (nSPS) is 17.1. The molecule has 1 aliphatic rings. The van der Waals surface area contributed by atoms with E-state index in [0.29, 0.717) is 12.8 Å². The Labute approximate surface area is 128 Å². The van der Waals surface area contributed by atoms with Gasteiger partial charge in [0.15, 0.2) is 0 Å². The molecule has 0 spiro atoms. The molecule has 1 saturated heterocycles. The Kier molecular flexibility index (Phi) is 4.82. The van der Waals surface area contributed by atoms with E-state index < -0.39 is 20.6 Å². The molecule has 1 heterocycles. The molecule has 0 aliphatic carbocycles. The quantitative estimate of drug-likeness (QED) is 0.667. The Morgan fingerprint density at radius 1 is 1.38 bits per heavy atom. The lowest BCUT2D eigenvalue weighted by Crippen LogP contribution is -2.43. The van der Waals surface area contributed by atoms with Crippen LogP contribution in [0.15, 0.2) is 23.1 Å². The lowest BCUT2D eigenvalue weighted by atomic mass is 10.1. The fraction of sp³-hybridized carbons (Fsp3) is 0.500. The molecule has 0 unspecified atom stereocenters. The van der Waals surface area contributed by atoms with Crippen LogP contribution in [0.1, 0.15) is 12.8 Å². The molecule has 1 aliphatic heterocycles. The number of piperidine rings is 1. The van der Waals surface area contributed by atoms with E-state index in [0.717, 1.165) is 19.2 Å². The highest BCUT2D eigenvalue weighted by Gasteiger charge is 2.30. The van der Waals surface area contributed by atoms with Gasteiger partial charge in [-0.25, -0.2) is 8.42 Å². The number of nitrogens with zero attached hydrogens (tertiary/aromatic N) is 2. The molecule has 1 aromatic rings. The van der Waals surface area contributed by atoms with Crippen molar-refractivity contribution in [1.82, 2.24) is 9.62 Å². The van der Waals surface area contributed by atoms with Gasteiger partial charge in [0.2, 0.25) is 10.0 Å². The lowest BCUT2D eigenvalue weighted by molar-refractivity contribution is -0.384. The van der Waals surface area contributed by atoms with Crippen LogP contribution in [0.4, 0.5) is 5.69 Å². The van der Waals surface area contributed by atoms with Gasteiger partial charge in [0.05, 0.1) is 9.82 Å². The number of benzene rings is 1. The first kappa shape index (κ1) is 16.2. The Bertz CT molecular complexity index is 644. The van der Waals surface area contributed by atoms with E-state index in [1.54, 1.807) is 0 Å². The largest absolute Gasteiger partial charge is 0.317 e. The smallest absolute Gasteiger partial charge is 0.289 e. The van der Waals surface area contributed by atoms with E-state index in [1.807, 2.05) is 0 Å². The molecule has 21 heavy (non-hydrogen) atoms. The highest BCUT2D eigenvalue weighted by Crippen LogP contribution is 2.29. The molecular weight excluding hydrogens is 318 g/mol. The molecule has 0 atom stereocenters. The van der Waals surface area contributed by atoms with Crippen LogP contribution in [-0.2, 0) is 10.0 Å². The highest BCUT2D eigenvalue weighted by atomic mass is 35.5. The third-order valence-electron chi connectivity index (χ3n) is 3.61. The first-order valence-corrected chi connectivity index (χ1v) is 8.28. The summed E-state index contributed by atoms with van der Waals surface area (Å²) in [6.07, 6.45) is 1.43. The molecule has 0 bridgehead atoms. The standard InChI is InChI=1S/C12H16ClN3O4S/c1-15(9-4-6-14-7-5-9)21(19,20)10-2-3-11(13)12(8-10)16(17)18/h2-3,8-9,14H,4-7H2,1H3. The number of nitrogens with one attached hydrogen (secondary N) is 1. The summed E-state index contributed by atoms with van der Waals surface area (Å²) in [4.78, 5) is 10.1. The minimum atomic E-state index is -3.77. The van der Waals surface area contributed by atoms with Crippen LogP contribution in [0, 0.1) is 10.1 Å². The maximum Gasteiger partial charge on any atom is 0.289 e. The highest BCUT2D eigenvalue weighted by molar-refractivity contribution is 7.89. The molecule has 9 heteroatoms. The summed E-state index contributed by atoms with van der Waals surface area (Å²) in [6.45, 7) is 1.51. The molecule has 116 valence electrons. The van der Waals surface area contributed by atoms with Gasteiger partial charge in [0.1, 0.15) is 5.02 Å². The third kappa shape index (κ3) is 3.34. The zero-order valence-corrected chi connectivity index (χ0v) is 13.0. The monoisotopic (exact) mass is 333 g/mol. The minimum absolute atomic E-state index is 0.0801. The van der Waals surface area contributed by atoms with Crippen molar-refractivity contribution >= 4 is 27.3 Å². The van der Waals surface area contributed by atoms with E-state index in [1.165, 1.54) is 23.5 Å². The van der Waals surface area contributed by atoms with Gasteiger partial charge in [-0.15, -0.1) is 0 Å². The predicted molar refractivity (Wildman–Crippen MR) is 78.9 cm³/mol. The van der Waals surface area contributed by atoms with Crippen LogP contribution in [-0.4, -0.2) is 43.8 Å². The Hall–Kier alpha value is -1.22. The summed E-state index contributed by atoms with van der Waals surface area (Å²) in [5.41, 5.74) is -0.406. The van der Waals surface area contributed by atoms with Gasteiger partial charge < -0.3 is 5.32 Å². The van der Waals surface area contributed by atoms with Crippen LogP contribution in [0.3, 0.4) is 0 Å². The van der Waals surface area contributed by atoms with Gasteiger partial charge in [0.25, 0.3) is 5.69 Å². The first-order valence-electron chi connectivity index (χ1n) is 6.46. The molecule has 0 amide bonds. The number of hydrogen-bond acceptors (Lipinski definition) is 5. The minimum Gasteiger partial charge on any atom is -0.317 e. The SMILES string of the molecule is CN(C1CCNCC1)S(=O)(=O)c1ccc(Cl)c([N+](=O)[O-])c1. The topological polar surface area (TPSA) is 92.6 Å². The van der Waals surface area contributed by atoms with Gasteiger partial charge in [-0.2, -0.15) is 4.31 Å². The molecule has 0 saturated carbocycles. The zero-order chi connectivity index (χ0) is 15.6. The summed E-state index contributed by atoms with van der Waals surface area (Å²) in [5.74, 6) is 0. The van der Waals surface area contributed by atoms with Crippen LogP contribution in [0.2, 0.25) is 5.02 Å². The van der Waals surface area contributed by atoms with Crippen molar-refractivity contribution in [1.29, 1.82) is 0 Å². The number of sulfonamides is 1. The zero-order valence-electron chi connectivity index (χ0n) is 11.5. The van der Waals surface area contributed by atoms with Crippen molar-refractivity contribution in [3.05, 3.63) is 33.3 Å². The molecular formula is C12H16ClN3O4S. The summed E-state index contributed by atoms with van der Waals surface area (Å²) in [5, 5.41) is 14.0. The molecule has 1 N–H and O–H groups in total. The molecule has 7 nitrogen and oxygen atoms in total. The number of nitro groups is 1. The molecule has 0 aromatic heterocycles. The summed E-state index contributed by atoms with van der Waals surface area (Å²) in [6, 6.07) is 3.44. The molecule has 1 fully saturated rings. The van der Waals surface area contributed by atoms with E-state index in [-0.39, 0.29) is 16.0 Å². The second-order valence-corrected chi connectivity index (χ2v) is 7.28. The third-order valence-corrected chi connectivity index (χ3v) is 5.84. The first-order chi connectivity index (χ1) is 9.84. The van der Waals surface area contributed by atoms with Crippen molar-refractivity contribution < 1.29 is 13.3 Å². The maximum absolute atomic E-state index is 12.6. The van der Waals surface area contributed by atoms with E-state index in [4.69, 9.17) is 11.6 Å². The van der Waals surface area contributed by atoms with Crippen molar-refractivity contribution in [3.63, 3.8) is 0 Å². The number of rotatable bonds is 4. The Morgan fingerprint density at radius 3 is 2.57 bits per heavy atom. The van der Waals surface area contributed by atoms with E-state index >= 15 is 0 Å². The van der Waals surface area contributed by atoms with Crippen molar-refractivity contribution in [2.75, 3.05) is 20.1 Å². The number of hydrogen-bond donors (Lipinski definition) is 1. The molecule has 1 aromatic carbocycles. The number of nitro benzene ring substituents is 1. The van der Waals surface area contributed by atoms with Crippen molar-refractivity contribution in [3.8, 4) is 0 Å². The maximum atomic E-state index is 12.6. The van der Waals surface area contributed by atoms with Gasteiger partial charge >= 0.3 is 0 Å². The fourth-order valence-corrected chi connectivity index (χ4v) is 3.95. The van der Waals surface area contributed by atoms with Crippen LogP contribution >= 0.6 is 11.6 Å². The van der Waals surface area contributed by atoms with E-state index in [2.05, 4.69) is 5.32 Å². The fourth-order valence-electron chi connectivity index (χ4n) is 2.33. The van der Waals surface area contributed by atoms with Gasteiger partial charge in [-0.1, -0.05) is 11.6 Å². The second-order valence-electron chi connectivity index (χ2n) is 4.87. The molecule has 0 radical (unpaired) electrons. The van der Waals surface area contributed by atoms with Crippen LogP contribution < -0.4 is 5.32 Å². The van der Waals surface area contributed by atoms with Crippen molar-refractivity contribution in [2.24, 2.45) is 0 Å². The Morgan fingerprint density at radius 2 is 2.00 bits per heavy atom. The average Bonchev–Trinajstić information content (AvgIpc) is 2.47. The average molecular weight is 334 g/mol. The lowest BCUT2D eigenvalue weighted by Gasteiger charge is -2.30. The number of halogens is 1. The van der Waals surface area contributed by atoms with Gasteiger partial charge in [0, 0.05) is 19.2 Å². The second kappa shape index (κ2) is 6.27. The van der Waals surface area contributed by atoms with Gasteiger partial charge in [-0.3, -0.25) is 10.1 Å². The predicted octanol–water partition coefficient (Wildman–Crippen LogP) is 1.62. The van der Waals surface area contributed by atoms with Gasteiger partial charge in [-0.05, 0) is 38.1 Å². The van der Waals surface area contributed by atoms with Crippen molar-refractivity contribution in [2.45, 2.75) is 23.8 Å². The van der Waals surface area contributed by atoms with Crippen LogP contribution in [0.25, 0.3) is 0 Å². The Balaban J connectivity index is 2.34. The summed E-state index contributed by atoms with van der Waals surface area (Å²) in [7, 11) is -2.26. The van der Waals surface area contributed by atoms with Crippen LogP contribution in [0.5, 0.6) is 0 Å². The summed E-state index contributed by atoms with van der Waals surface area (Å²) >= 11 is 5.71. The van der Waals surface area contributed by atoms with E-state index in [9.17, 15) is 18.5 Å². The summed E-state index contributed by atoms with van der Waals surface area (Å²) < 4.78 is 26.4.